The molecule has 2 atom stereocenters. The van der Waals surface area contributed by atoms with E-state index >= 15 is 0 Å². The topological polar surface area (TPSA) is 39.7 Å². The van der Waals surface area contributed by atoms with Crippen molar-refractivity contribution in [3.05, 3.63) is 29.8 Å². The van der Waals surface area contributed by atoms with Gasteiger partial charge in [-0.25, -0.2) is 0 Å². The first-order valence-corrected chi connectivity index (χ1v) is 7.89. The van der Waals surface area contributed by atoms with E-state index < -0.39 is 0 Å². The van der Waals surface area contributed by atoms with Gasteiger partial charge in [0.2, 0.25) is 0 Å². The summed E-state index contributed by atoms with van der Waals surface area (Å²) in [6, 6.07) is 8.48. The van der Waals surface area contributed by atoms with Crippen molar-refractivity contribution in [2.45, 2.75) is 25.8 Å². The molecule has 0 saturated carbocycles. The van der Waals surface area contributed by atoms with Gasteiger partial charge in [-0.2, -0.15) is 0 Å². The second kappa shape index (κ2) is 9.03. The third-order valence-corrected chi connectivity index (χ3v) is 3.77. The van der Waals surface area contributed by atoms with Gasteiger partial charge >= 0.3 is 0 Å². The molecular weight excluding hydrogens is 266 g/mol. The Kier molecular flexibility index (Phi) is 7.00. The average Bonchev–Trinajstić information content (AvgIpc) is 3.03. The van der Waals surface area contributed by atoms with Crippen LogP contribution in [-0.2, 0) is 9.47 Å². The monoisotopic (exact) mass is 293 g/mol. The lowest BCUT2D eigenvalue weighted by atomic mass is 10.1. The van der Waals surface area contributed by atoms with Crippen LogP contribution < -0.4 is 10.1 Å². The lowest BCUT2D eigenvalue weighted by molar-refractivity contribution is 0.0758. The van der Waals surface area contributed by atoms with Crippen molar-refractivity contribution >= 4 is 0 Å². The molecule has 0 radical (unpaired) electrons. The van der Waals surface area contributed by atoms with Gasteiger partial charge < -0.3 is 19.5 Å². The van der Waals surface area contributed by atoms with E-state index in [1.165, 1.54) is 5.56 Å². The summed E-state index contributed by atoms with van der Waals surface area (Å²) in [6.45, 7) is 6.06. The molecule has 1 saturated heterocycles. The number of hydrogen-bond acceptors (Lipinski definition) is 4. The minimum Gasteiger partial charge on any atom is -0.494 e. The van der Waals surface area contributed by atoms with Gasteiger partial charge in [-0.3, -0.25) is 0 Å². The SMILES string of the molecule is CCCOc1ccc(C(COCC2CCOC2)NC)cc1. The van der Waals surface area contributed by atoms with Crippen LogP contribution in [-0.4, -0.2) is 40.1 Å². The maximum atomic E-state index is 5.85. The third-order valence-electron chi connectivity index (χ3n) is 3.77. The van der Waals surface area contributed by atoms with E-state index in [0.717, 1.165) is 45.0 Å². The third kappa shape index (κ3) is 5.30. The fourth-order valence-corrected chi connectivity index (χ4v) is 2.43. The highest BCUT2D eigenvalue weighted by Gasteiger charge is 2.17. The summed E-state index contributed by atoms with van der Waals surface area (Å²) in [5, 5.41) is 3.31. The molecular formula is C17H27NO3. The fraction of sp³-hybridized carbons (Fsp3) is 0.647. The van der Waals surface area contributed by atoms with E-state index in [2.05, 4.69) is 24.4 Å². The van der Waals surface area contributed by atoms with E-state index in [1.54, 1.807) is 0 Å². The predicted octanol–water partition coefficient (Wildman–Crippen LogP) is 2.79. The van der Waals surface area contributed by atoms with Crippen LogP contribution in [0.15, 0.2) is 24.3 Å². The van der Waals surface area contributed by atoms with Gasteiger partial charge in [-0.05, 0) is 37.6 Å². The van der Waals surface area contributed by atoms with E-state index in [1.807, 2.05) is 19.2 Å². The van der Waals surface area contributed by atoms with Gasteiger partial charge in [-0.1, -0.05) is 19.1 Å². The maximum absolute atomic E-state index is 5.85. The summed E-state index contributed by atoms with van der Waals surface area (Å²) in [7, 11) is 1.97. The zero-order valence-corrected chi connectivity index (χ0v) is 13.1. The van der Waals surface area contributed by atoms with Gasteiger partial charge in [0.25, 0.3) is 0 Å². The lowest BCUT2D eigenvalue weighted by Gasteiger charge is -2.18. The summed E-state index contributed by atoms with van der Waals surface area (Å²) in [5.74, 6) is 1.49. The van der Waals surface area contributed by atoms with Crippen LogP contribution in [0.4, 0.5) is 0 Å². The number of nitrogens with one attached hydrogen (secondary N) is 1. The number of ether oxygens (including phenoxy) is 3. The summed E-state index contributed by atoms with van der Waals surface area (Å²) in [6.07, 6.45) is 2.15. The Morgan fingerprint density at radius 1 is 1.33 bits per heavy atom. The van der Waals surface area contributed by atoms with E-state index in [4.69, 9.17) is 14.2 Å². The van der Waals surface area contributed by atoms with Gasteiger partial charge in [0.15, 0.2) is 0 Å². The van der Waals surface area contributed by atoms with Crippen LogP contribution in [0.25, 0.3) is 0 Å². The van der Waals surface area contributed by atoms with Crippen molar-refractivity contribution in [3.63, 3.8) is 0 Å². The molecule has 2 rings (SSSR count). The molecule has 118 valence electrons. The first kappa shape index (κ1) is 16.3. The van der Waals surface area contributed by atoms with Crippen molar-refractivity contribution < 1.29 is 14.2 Å². The predicted molar refractivity (Wildman–Crippen MR) is 83.8 cm³/mol. The van der Waals surface area contributed by atoms with Crippen LogP contribution in [0, 0.1) is 5.92 Å². The Balaban J connectivity index is 1.78. The zero-order valence-electron chi connectivity index (χ0n) is 13.1. The smallest absolute Gasteiger partial charge is 0.119 e. The van der Waals surface area contributed by atoms with Crippen molar-refractivity contribution in [1.29, 1.82) is 0 Å². The van der Waals surface area contributed by atoms with Crippen LogP contribution in [0.1, 0.15) is 31.4 Å². The summed E-state index contributed by atoms with van der Waals surface area (Å²) < 4.78 is 16.8. The molecule has 1 aliphatic heterocycles. The van der Waals surface area contributed by atoms with Gasteiger partial charge in [0, 0.05) is 12.5 Å². The zero-order chi connectivity index (χ0) is 14.9. The van der Waals surface area contributed by atoms with Crippen molar-refractivity contribution in [2.24, 2.45) is 5.92 Å². The van der Waals surface area contributed by atoms with E-state index in [-0.39, 0.29) is 6.04 Å². The van der Waals surface area contributed by atoms with Crippen molar-refractivity contribution in [3.8, 4) is 5.75 Å². The highest BCUT2D eigenvalue weighted by atomic mass is 16.5. The Morgan fingerprint density at radius 3 is 2.76 bits per heavy atom. The summed E-state index contributed by atoms with van der Waals surface area (Å²) in [4.78, 5) is 0. The molecule has 2 unspecified atom stereocenters. The molecule has 1 N–H and O–H groups in total. The van der Waals surface area contributed by atoms with Crippen molar-refractivity contribution in [2.75, 3.05) is 40.1 Å². The van der Waals surface area contributed by atoms with E-state index in [0.29, 0.717) is 12.5 Å². The Bertz CT molecular complexity index is 388. The average molecular weight is 293 g/mol. The Labute approximate surface area is 127 Å². The van der Waals surface area contributed by atoms with Gasteiger partial charge in [0.1, 0.15) is 5.75 Å². The van der Waals surface area contributed by atoms with Crippen LogP contribution in [0.3, 0.4) is 0 Å². The first-order valence-electron chi connectivity index (χ1n) is 7.89. The van der Waals surface area contributed by atoms with E-state index in [9.17, 15) is 0 Å². The number of likely N-dealkylation sites (N-methyl/N-ethyl adjacent to an activating group) is 1. The highest BCUT2D eigenvalue weighted by Crippen LogP contribution is 2.19. The second-order valence-electron chi connectivity index (χ2n) is 5.53. The molecule has 1 fully saturated rings. The molecule has 0 spiro atoms. The first-order chi connectivity index (χ1) is 10.3. The van der Waals surface area contributed by atoms with Crippen LogP contribution in [0.5, 0.6) is 5.75 Å². The summed E-state index contributed by atoms with van der Waals surface area (Å²) >= 11 is 0. The molecule has 1 aromatic rings. The van der Waals surface area contributed by atoms with Crippen molar-refractivity contribution in [1.82, 2.24) is 5.32 Å². The molecule has 0 aromatic heterocycles. The molecule has 21 heavy (non-hydrogen) atoms. The molecule has 0 amide bonds. The normalized spacial score (nSPS) is 19.6. The quantitative estimate of drug-likeness (QED) is 0.760. The minimum absolute atomic E-state index is 0.215. The number of rotatable bonds is 9. The molecule has 0 bridgehead atoms. The number of benzene rings is 1. The summed E-state index contributed by atoms with van der Waals surface area (Å²) in [5.41, 5.74) is 1.23. The Morgan fingerprint density at radius 2 is 2.14 bits per heavy atom. The standard InChI is InChI=1S/C17H27NO3/c1-3-9-21-16-6-4-15(5-7-16)17(18-2)13-20-12-14-8-10-19-11-14/h4-7,14,17-18H,3,8-13H2,1-2H3. The lowest BCUT2D eigenvalue weighted by Crippen LogP contribution is -2.23. The fourth-order valence-electron chi connectivity index (χ4n) is 2.43. The molecule has 4 nitrogen and oxygen atoms in total. The molecule has 1 heterocycles. The molecule has 0 aliphatic carbocycles. The molecule has 4 heteroatoms. The van der Waals surface area contributed by atoms with Crippen LogP contribution >= 0.6 is 0 Å². The van der Waals surface area contributed by atoms with Crippen LogP contribution in [0.2, 0.25) is 0 Å². The Hall–Kier alpha value is -1.10. The molecule has 1 aromatic carbocycles. The van der Waals surface area contributed by atoms with Gasteiger partial charge in [0.05, 0.1) is 32.5 Å². The largest absolute Gasteiger partial charge is 0.494 e. The highest BCUT2D eigenvalue weighted by molar-refractivity contribution is 5.29. The maximum Gasteiger partial charge on any atom is 0.119 e. The van der Waals surface area contributed by atoms with Gasteiger partial charge in [-0.15, -0.1) is 0 Å². The number of hydrogen-bond donors (Lipinski definition) is 1. The molecule has 1 aliphatic rings. The minimum atomic E-state index is 0.215. The second-order valence-corrected chi connectivity index (χ2v) is 5.53.